The number of hydrogen-bond donors (Lipinski definition) is 3. The second-order valence-electron chi connectivity index (χ2n) is 2.10. The van der Waals surface area contributed by atoms with Crippen LogP contribution in [0.3, 0.4) is 0 Å². The van der Waals surface area contributed by atoms with Gasteiger partial charge in [-0.3, -0.25) is 16.2 Å². The molecule has 1 aromatic carbocycles. The molecule has 7 heteroatoms. The molecule has 6 nitrogen and oxygen atoms in total. The van der Waals surface area contributed by atoms with Gasteiger partial charge < -0.3 is 4.18 Å². The van der Waals surface area contributed by atoms with E-state index in [1.54, 1.807) is 30.3 Å². The van der Waals surface area contributed by atoms with Gasteiger partial charge in [-0.2, -0.15) is 8.42 Å². The van der Waals surface area contributed by atoms with Crippen molar-refractivity contribution in [2.75, 3.05) is 0 Å². The highest BCUT2D eigenvalue weighted by Crippen LogP contribution is 1.94. The smallest absolute Gasteiger partial charge is 0.306 e. The Kier molecular flexibility index (Phi) is 6.08. The van der Waals surface area contributed by atoms with Crippen LogP contribution in [0.4, 0.5) is 0 Å². The van der Waals surface area contributed by atoms with Crippen LogP contribution < -0.4 is 11.7 Å². The van der Waals surface area contributed by atoms with E-state index >= 15 is 0 Å². The quantitative estimate of drug-likeness (QED) is 0.262. The Hall–Kier alpha value is -1.59. The van der Waals surface area contributed by atoms with Crippen LogP contribution in [-0.4, -0.2) is 13.0 Å². The summed E-state index contributed by atoms with van der Waals surface area (Å²) < 4.78 is 32.0. The summed E-state index contributed by atoms with van der Waals surface area (Å²) in [5.74, 6) is 10.4. The third kappa shape index (κ3) is 7.48. The van der Waals surface area contributed by atoms with E-state index in [0.29, 0.717) is 5.56 Å². The lowest BCUT2D eigenvalue weighted by atomic mass is 10.2. The summed E-state index contributed by atoms with van der Waals surface area (Å²) >= 11 is 0. The van der Waals surface area contributed by atoms with Crippen LogP contribution in [0, 0.1) is 12.0 Å². The van der Waals surface area contributed by atoms with Gasteiger partial charge in [0, 0.05) is 5.56 Å². The summed E-state index contributed by atoms with van der Waals surface area (Å²) in [5.41, 5.74) is 0.603. The van der Waals surface area contributed by atoms with Gasteiger partial charge in [-0.1, -0.05) is 18.2 Å². The van der Waals surface area contributed by atoms with Gasteiger partial charge in [0.2, 0.25) is 0 Å². The highest BCUT2D eigenvalue weighted by molar-refractivity contribution is 7.81. The summed E-state index contributed by atoms with van der Waals surface area (Å²) in [6, 6.07) is 8.66. The Balaban J connectivity index is 0.000000921. The molecule has 0 fully saturated rings. The van der Waals surface area contributed by atoms with Crippen molar-refractivity contribution >= 4 is 10.4 Å². The minimum Gasteiger partial charge on any atom is -0.306 e. The summed E-state index contributed by atoms with van der Waals surface area (Å²) in [7, 11) is -4.47. The molecule has 0 aliphatic carbocycles. The molecular weight excluding hydrogens is 220 g/mol. The Labute approximate surface area is 87.8 Å². The van der Waals surface area contributed by atoms with Crippen LogP contribution in [0.15, 0.2) is 30.3 Å². The van der Waals surface area contributed by atoms with Crippen molar-refractivity contribution in [2.45, 2.75) is 0 Å². The summed E-state index contributed by atoms with van der Waals surface area (Å²) in [5, 5.41) is 0. The molecule has 0 heterocycles. The Morgan fingerprint density at radius 2 is 1.73 bits per heavy atom. The molecular formula is C8H10N2O4S. The highest BCUT2D eigenvalue weighted by atomic mass is 32.3. The van der Waals surface area contributed by atoms with E-state index in [1.807, 2.05) is 6.11 Å². The number of rotatable bonds is 1. The van der Waals surface area contributed by atoms with Crippen LogP contribution in [0.5, 0.6) is 0 Å². The van der Waals surface area contributed by atoms with Crippen LogP contribution in [0.2, 0.25) is 0 Å². The maximum absolute atomic E-state index is 10.1. The van der Waals surface area contributed by atoms with Crippen molar-refractivity contribution in [3.8, 4) is 12.0 Å². The molecule has 0 saturated heterocycles. The minimum absolute atomic E-state index is 0.603. The molecule has 0 aromatic heterocycles. The lowest BCUT2D eigenvalue weighted by Crippen LogP contribution is -2.02. The molecule has 0 saturated carbocycles. The van der Waals surface area contributed by atoms with E-state index in [4.69, 9.17) is 4.55 Å². The molecule has 0 atom stereocenters. The van der Waals surface area contributed by atoms with Crippen molar-refractivity contribution in [1.82, 2.24) is 0 Å². The fraction of sp³-hybridized carbons (Fsp3) is 0. The average Bonchev–Trinajstić information content (AvgIpc) is 2.20. The third-order valence-corrected chi connectivity index (χ3v) is 1.41. The number of hydrazine groups is 1. The van der Waals surface area contributed by atoms with Crippen LogP contribution in [0.25, 0.3) is 0 Å². The maximum atomic E-state index is 10.1. The second-order valence-corrected chi connectivity index (χ2v) is 3.13. The van der Waals surface area contributed by atoms with Gasteiger partial charge in [-0.15, -0.1) is 0 Å². The van der Waals surface area contributed by atoms with Crippen molar-refractivity contribution < 1.29 is 17.2 Å². The second kappa shape index (κ2) is 6.80. The van der Waals surface area contributed by atoms with Crippen molar-refractivity contribution in [2.24, 2.45) is 11.7 Å². The van der Waals surface area contributed by atoms with E-state index in [1.165, 1.54) is 0 Å². The topological polar surface area (TPSA) is 116 Å². The van der Waals surface area contributed by atoms with E-state index in [0.717, 1.165) is 0 Å². The lowest BCUT2D eigenvalue weighted by Gasteiger charge is -1.87. The zero-order valence-corrected chi connectivity index (χ0v) is 8.44. The van der Waals surface area contributed by atoms with Gasteiger partial charge in [0.05, 0.1) is 0 Å². The average molecular weight is 230 g/mol. The Morgan fingerprint density at radius 3 is 2.20 bits per heavy atom. The predicted molar refractivity (Wildman–Crippen MR) is 54.3 cm³/mol. The summed E-state index contributed by atoms with van der Waals surface area (Å²) in [6.07, 6.45) is 1.85. The molecule has 0 spiro atoms. The maximum Gasteiger partial charge on any atom is 0.454 e. The zero-order valence-electron chi connectivity index (χ0n) is 7.62. The molecule has 0 radical (unpaired) electrons. The van der Waals surface area contributed by atoms with Gasteiger partial charge >= 0.3 is 10.4 Å². The molecule has 82 valence electrons. The minimum atomic E-state index is -4.47. The molecule has 1 aromatic rings. The predicted octanol–water partition coefficient (Wildman–Crippen LogP) is -0.366. The molecule has 0 bridgehead atoms. The van der Waals surface area contributed by atoms with Gasteiger partial charge in [0.15, 0.2) is 0 Å². The van der Waals surface area contributed by atoms with E-state index in [-0.39, 0.29) is 0 Å². The van der Waals surface area contributed by atoms with E-state index < -0.39 is 10.4 Å². The van der Waals surface area contributed by atoms with Crippen molar-refractivity contribution in [3.05, 3.63) is 35.9 Å². The SMILES string of the molecule is NN.O=S(=O)(O)OC#Cc1ccccc1. The first-order chi connectivity index (χ1) is 7.08. The van der Waals surface area contributed by atoms with Crippen LogP contribution in [0.1, 0.15) is 5.56 Å². The molecule has 0 aliphatic heterocycles. The van der Waals surface area contributed by atoms with Gasteiger partial charge in [-0.25, -0.2) is 0 Å². The molecule has 15 heavy (non-hydrogen) atoms. The van der Waals surface area contributed by atoms with Gasteiger partial charge in [-0.05, 0) is 18.1 Å². The monoisotopic (exact) mass is 230 g/mol. The third-order valence-electron chi connectivity index (χ3n) is 1.12. The first kappa shape index (κ1) is 13.4. The Bertz CT molecular complexity index is 433. The fourth-order valence-electron chi connectivity index (χ4n) is 0.654. The molecule has 0 aliphatic rings. The van der Waals surface area contributed by atoms with Crippen molar-refractivity contribution in [1.29, 1.82) is 0 Å². The molecule has 5 N–H and O–H groups in total. The number of nitrogens with two attached hydrogens (primary N) is 2. The summed E-state index contributed by atoms with van der Waals surface area (Å²) in [6.45, 7) is 0. The normalized spacial score (nSPS) is 9.00. The van der Waals surface area contributed by atoms with E-state index in [9.17, 15) is 8.42 Å². The van der Waals surface area contributed by atoms with Crippen molar-refractivity contribution in [3.63, 3.8) is 0 Å². The first-order valence-electron chi connectivity index (χ1n) is 3.63. The Morgan fingerprint density at radius 1 is 1.20 bits per heavy atom. The number of benzene rings is 1. The molecule has 0 amide bonds. The summed E-state index contributed by atoms with van der Waals surface area (Å²) in [4.78, 5) is 0. The van der Waals surface area contributed by atoms with Gasteiger partial charge in [0.25, 0.3) is 0 Å². The zero-order chi connectivity index (χ0) is 11.7. The largest absolute Gasteiger partial charge is 0.454 e. The van der Waals surface area contributed by atoms with Crippen LogP contribution >= 0.6 is 0 Å². The standard InChI is InChI=1S/C8H6O4S.H4N2/c9-13(10,11)12-7-6-8-4-2-1-3-5-8;1-2/h1-5H,(H,9,10,11);1-2H2. The number of hydrogen-bond acceptors (Lipinski definition) is 5. The fourth-order valence-corrected chi connectivity index (χ4v) is 0.801. The van der Waals surface area contributed by atoms with Gasteiger partial charge in [0.1, 0.15) is 6.11 Å². The molecule has 1 rings (SSSR count). The van der Waals surface area contributed by atoms with Crippen LogP contribution in [-0.2, 0) is 14.6 Å². The van der Waals surface area contributed by atoms with E-state index in [2.05, 4.69) is 21.8 Å². The first-order valence-corrected chi connectivity index (χ1v) is 5.00. The highest BCUT2D eigenvalue weighted by Gasteiger charge is 1.99. The lowest BCUT2D eigenvalue weighted by molar-refractivity contribution is 0.371. The molecule has 0 unspecified atom stereocenters.